The summed E-state index contributed by atoms with van der Waals surface area (Å²) in [6.45, 7) is 3.18. The Hall–Kier alpha value is -2.90. The number of aromatic nitrogens is 2. The van der Waals surface area contributed by atoms with Crippen LogP contribution in [-0.2, 0) is 4.79 Å². The standard InChI is InChI=1S/C23H27N5O2/c24-20(15-29)17-3-1-16(2-4-17)19-13-22-21(7-8-25-28(22)14-19)26-9-11-27(12-10-26)23(30)18-5-6-18/h1-4,7-8,13-14,18,20,29H,5-6,9-12,15,24H2/t20-/m1/s1. The van der Waals surface area contributed by atoms with Crippen molar-refractivity contribution in [3.63, 3.8) is 0 Å². The van der Waals surface area contributed by atoms with Gasteiger partial charge in [0.15, 0.2) is 0 Å². The number of nitrogens with zero attached hydrogens (tertiary/aromatic N) is 4. The normalized spacial score (nSPS) is 18.1. The van der Waals surface area contributed by atoms with Gasteiger partial charge in [-0.15, -0.1) is 0 Å². The number of anilines is 1. The number of nitrogens with two attached hydrogens (primary N) is 1. The number of aliphatic hydroxyl groups is 1. The van der Waals surface area contributed by atoms with Crippen LogP contribution in [0.5, 0.6) is 0 Å². The van der Waals surface area contributed by atoms with Gasteiger partial charge in [0, 0.05) is 50.1 Å². The molecule has 1 atom stereocenters. The molecule has 3 aromatic rings. The molecule has 2 fully saturated rings. The molecule has 0 bridgehead atoms. The predicted octanol–water partition coefficient (Wildman–Crippen LogP) is 2.05. The van der Waals surface area contributed by atoms with Gasteiger partial charge in [-0.3, -0.25) is 4.79 Å². The Morgan fingerprint density at radius 1 is 1.10 bits per heavy atom. The van der Waals surface area contributed by atoms with E-state index in [0.29, 0.717) is 5.91 Å². The number of carbonyl (C=O) groups is 1. The fourth-order valence-electron chi connectivity index (χ4n) is 4.21. The monoisotopic (exact) mass is 405 g/mol. The minimum Gasteiger partial charge on any atom is -0.394 e. The molecule has 7 heteroatoms. The van der Waals surface area contributed by atoms with Crippen LogP contribution in [0, 0.1) is 5.92 Å². The summed E-state index contributed by atoms with van der Waals surface area (Å²) < 4.78 is 1.92. The lowest BCUT2D eigenvalue weighted by Gasteiger charge is -2.36. The van der Waals surface area contributed by atoms with Crippen LogP contribution in [0.3, 0.4) is 0 Å². The lowest BCUT2D eigenvalue weighted by atomic mass is 10.0. The molecule has 5 rings (SSSR count). The second kappa shape index (κ2) is 7.74. The average molecular weight is 406 g/mol. The number of rotatable bonds is 5. The van der Waals surface area contributed by atoms with E-state index in [9.17, 15) is 9.90 Å². The molecule has 1 amide bonds. The average Bonchev–Trinajstić information content (AvgIpc) is 3.56. The van der Waals surface area contributed by atoms with Gasteiger partial charge in [0.25, 0.3) is 0 Å². The van der Waals surface area contributed by atoms with Crippen molar-refractivity contribution in [3.8, 4) is 11.1 Å². The van der Waals surface area contributed by atoms with Gasteiger partial charge in [0.1, 0.15) is 0 Å². The molecule has 3 N–H and O–H groups in total. The lowest BCUT2D eigenvalue weighted by Crippen LogP contribution is -2.49. The Balaban J connectivity index is 1.37. The zero-order chi connectivity index (χ0) is 20.7. The molecule has 2 aliphatic rings. The summed E-state index contributed by atoms with van der Waals surface area (Å²) in [5, 5.41) is 13.7. The van der Waals surface area contributed by atoms with Crippen LogP contribution < -0.4 is 10.6 Å². The highest BCUT2D eigenvalue weighted by Gasteiger charge is 2.34. The zero-order valence-corrected chi connectivity index (χ0v) is 16.9. The Morgan fingerprint density at radius 2 is 1.83 bits per heavy atom. The number of hydrogen-bond donors (Lipinski definition) is 2. The molecule has 3 heterocycles. The molecule has 1 saturated heterocycles. The van der Waals surface area contributed by atoms with Gasteiger partial charge in [-0.05, 0) is 36.1 Å². The predicted molar refractivity (Wildman–Crippen MR) is 116 cm³/mol. The number of carbonyl (C=O) groups excluding carboxylic acids is 1. The van der Waals surface area contributed by atoms with Gasteiger partial charge < -0.3 is 20.6 Å². The second-order valence-corrected chi connectivity index (χ2v) is 8.27. The van der Waals surface area contributed by atoms with Crippen molar-refractivity contribution < 1.29 is 9.90 Å². The molecule has 156 valence electrons. The van der Waals surface area contributed by atoms with Gasteiger partial charge in [-0.2, -0.15) is 5.10 Å². The van der Waals surface area contributed by atoms with Gasteiger partial charge in [-0.1, -0.05) is 24.3 Å². The van der Waals surface area contributed by atoms with E-state index < -0.39 is 0 Å². The van der Waals surface area contributed by atoms with E-state index in [0.717, 1.165) is 66.9 Å². The first-order chi connectivity index (χ1) is 14.6. The van der Waals surface area contributed by atoms with Crippen LogP contribution in [-0.4, -0.2) is 58.3 Å². The van der Waals surface area contributed by atoms with E-state index in [1.165, 1.54) is 0 Å². The smallest absolute Gasteiger partial charge is 0.225 e. The molecule has 0 unspecified atom stereocenters. The number of hydrogen-bond acceptors (Lipinski definition) is 5. The van der Waals surface area contributed by atoms with Gasteiger partial charge in [0.05, 0.1) is 23.9 Å². The van der Waals surface area contributed by atoms with Crippen molar-refractivity contribution in [1.82, 2.24) is 14.5 Å². The van der Waals surface area contributed by atoms with Crippen molar-refractivity contribution >= 4 is 17.1 Å². The first kappa shape index (κ1) is 19.1. The van der Waals surface area contributed by atoms with Crippen molar-refractivity contribution in [2.45, 2.75) is 18.9 Å². The van der Waals surface area contributed by atoms with Gasteiger partial charge in [-0.25, -0.2) is 4.52 Å². The summed E-state index contributed by atoms with van der Waals surface area (Å²) in [6, 6.07) is 11.8. The molecule has 1 aliphatic heterocycles. The first-order valence-corrected chi connectivity index (χ1v) is 10.6. The molecule has 1 aromatic carbocycles. The highest BCUT2D eigenvalue weighted by Crippen LogP contribution is 2.32. The summed E-state index contributed by atoms with van der Waals surface area (Å²) in [7, 11) is 0. The minimum atomic E-state index is -0.356. The third-order valence-corrected chi connectivity index (χ3v) is 6.21. The van der Waals surface area contributed by atoms with Crippen LogP contribution in [0.4, 0.5) is 5.69 Å². The second-order valence-electron chi connectivity index (χ2n) is 8.27. The van der Waals surface area contributed by atoms with Crippen LogP contribution >= 0.6 is 0 Å². The number of piperazine rings is 1. The Kier molecular flexibility index (Phi) is 4.92. The summed E-state index contributed by atoms with van der Waals surface area (Å²) in [5.41, 5.74) is 11.2. The zero-order valence-electron chi connectivity index (χ0n) is 16.9. The lowest BCUT2D eigenvalue weighted by molar-refractivity contribution is -0.132. The summed E-state index contributed by atoms with van der Waals surface area (Å²) in [5.74, 6) is 0.625. The summed E-state index contributed by atoms with van der Waals surface area (Å²) >= 11 is 0. The van der Waals surface area contributed by atoms with Crippen molar-refractivity contribution in [2.75, 3.05) is 37.7 Å². The number of aliphatic hydroxyl groups excluding tert-OH is 1. The van der Waals surface area contributed by atoms with E-state index in [1.807, 2.05) is 46.1 Å². The quantitative estimate of drug-likeness (QED) is 0.678. The third-order valence-electron chi connectivity index (χ3n) is 6.21. The van der Waals surface area contributed by atoms with Crippen molar-refractivity contribution in [2.24, 2.45) is 11.7 Å². The van der Waals surface area contributed by atoms with Crippen LogP contribution in [0.25, 0.3) is 16.6 Å². The Bertz CT molecular complexity index is 1050. The van der Waals surface area contributed by atoms with E-state index in [4.69, 9.17) is 5.73 Å². The summed E-state index contributed by atoms with van der Waals surface area (Å²) in [4.78, 5) is 16.7. The molecule has 30 heavy (non-hydrogen) atoms. The molecule has 1 aliphatic carbocycles. The number of amides is 1. The fraction of sp³-hybridized carbons (Fsp3) is 0.391. The largest absolute Gasteiger partial charge is 0.394 e. The van der Waals surface area contributed by atoms with Crippen molar-refractivity contribution in [3.05, 3.63) is 54.4 Å². The SMILES string of the molecule is N[C@H](CO)c1ccc(-c2cc3c(N4CCN(C(=O)C5CC5)CC4)ccnn3c2)cc1. The first-order valence-electron chi connectivity index (χ1n) is 10.6. The van der Waals surface area contributed by atoms with Crippen molar-refractivity contribution in [1.29, 1.82) is 0 Å². The van der Waals surface area contributed by atoms with E-state index in [-0.39, 0.29) is 18.6 Å². The van der Waals surface area contributed by atoms with Gasteiger partial charge in [0.2, 0.25) is 5.91 Å². The topological polar surface area (TPSA) is 87.1 Å². The molecule has 2 aromatic heterocycles. The minimum absolute atomic E-state index is 0.0672. The van der Waals surface area contributed by atoms with Gasteiger partial charge >= 0.3 is 0 Å². The molecule has 1 saturated carbocycles. The summed E-state index contributed by atoms with van der Waals surface area (Å²) in [6.07, 6.45) is 5.98. The van der Waals surface area contributed by atoms with E-state index in [2.05, 4.69) is 22.1 Å². The maximum absolute atomic E-state index is 12.3. The highest BCUT2D eigenvalue weighted by molar-refractivity contribution is 5.82. The maximum Gasteiger partial charge on any atom is 0.225 e. The Labute approximate surface area is 175 Å². The van der Waals surface area contributed by atoms with Crippen LogP contribution in [0.2, 0.25) is 0 Å². The molecular formula is C23H27N5O2. The maximum atomic E-state index is 12.3. The Morgan fingerprint density at radius 3 is 2.50 bits per heavy atom. The highest BCUT2D eigenvalue weighted by atomic mass is 16.3. The fourth-order valence-corrected chi connectivity index (χ4v) is 4.21. The molecular weight excluding hydrogens is 378 g/mol. The van der Waals surface area contributed by atoms with E-state index >= 15 is 0 Å². The molecule has 0 spiro atoms. The number of benzene rings is 1. The van der Waals surface area contributed by atoms with E-state index in [1.54, 1.807) is 0 Å². The van der Waals surface area contributed by atoms with Crippen LogP contribution in [0.1, 0.15) is 24.4 Å². The number of fused-ring (bicyclic) bond motifs is 1. The molecule has 0 radical (unpaired) electrons. The third kappa shape index (κ3) is 3.55. The molecule has 7 nitrogen and oxygen atoms in total. The van der Waals surface area contributed by atoms with Crippen LogP contribution in [0.15, 0.2) is 48.8 Å².